The first kappa shape index (κ1) is 28.5. The zero-order valence-electron chi connectivity index (χ0n) is 20.8. The quantitative estimate of drug-likeness (QED) is 0.320. The lowest BCUT2D eigenvalue weighted by Crippen LogP contribution is -2.42. The van der Waals surface area contributed by atoms with Gasteiger partial charge >= 0.3 is 5.97 Å². The molecule has 1 aromatic carbocycles. The van der Waals surface area contributed by atoms with Crippen LogP contribution >= 0.6 is 11.6 Å². The van der Waals surface area contributed by atoms with Crippen LogP contribution in [0.15, 0.2) is 36.7 Å². The molecule has 0 spiro atoms. The maximum atomic E-state index is 13.8. The summed E-state index contributed by atoms with van der Waals surface area (Å²) < 4.78 is 19.9. The van der Waals surface area contributed by atoms with Crippen LogP contribution in [-0.2, 0) is 22.4 Å². The number of nitrogens with zero attached hydrogens (tertiary/aromatic N) is 2. The molecule has 3 rings (SSSR count). The molecule has 1 saturated heterocycles. The van der Waals surface area contributed by atoms with E-state index in [1.807, 2.05) is 12.1 Å². The van der Waals surface area contributed by atoms with Crippen molar-refractivity contribution in [3.05, 3.63) is 64.2 Å². The van der Waals surface area contributed by atoms with Gasteiger partial charge in [-0.15, -0.1) is 0 Å². The van der Waals surface area contributed by atoms with E-state index >= 15 is 0 Å². The van der Waals surface area contributed by atoms with Crippen molar-refractivity contribution in [2.75, 3.05) is 26.4 Å². The number of carboxylic acids is 1. The number of carbonyl (C=O) groups is 1. The topological polar surface area (TPSA) is 94.9 Å². The van der Waals surface area contributed by atoms with Crippen LogP contribution < -0.4 is 5.32 Å². The van der Waals surface area contributed by atoms with Gasteiger partial charge in [0.1, 0.15) is 5.82 Å². The molecule has 1 fully saturated rings. The van der Waals surface area contributed by atoms with Gasteiger partial charge in [-0.2, -0.15) is 0 Å². The summed E-state index contributed by atoms with van der Waals surface area (Å²) in [6.07, 6.45) is 7.48. The summed E-state index contributed by atoms with van der Waals surface area (Å²) in [7, 11) is 0. The number of aryl methyl sites for hydroxylation is 1. The van der Waals surface area contributed by atoms with Crippen LogP contribution in [0.5, 0.6) is 0 Å². The minimum absolute atomic E-state index is 0.0362. The molecule has 3 N–H and O–H groups in total. The van der Waals surface area contributed by atoms with Gasteiger partial charge in [-0.1, -0.05) is 31.0 Å². The van der Waals surface area contributed by atoms with Crippen LogP contribution in [-0.4, -0.2) is 64.6 Å². The maximum Gasteiger partial charge on any atom is 0.303 e. The van der Waals surface area contributed by atoms with E-state index in [4.69, 9.17) is 21.4 Å². The van der Waals surface area contributed by atoms with E-state index in [1.165, 1.54) is 6.07 Å². The molecule has 1 aromatic heterocycles. The van der Waals surface area contributed by atoms with E-state index in [9.17, 15) is 14.3 Å². The number of nitrogens with one attached hydrogen (secondary N) is 1. The smallest absolute Gasteiger partial charge is 0.303 e. The predicted octanol–water partition coefficient (Wildman–Crippen LogP) is 4.36. The SMILES string of the molecule is CCCC(OC[C@H](O)CNCN1CCC[C@H]1Cc1ccc(Cl)c(F)c1)c1ccncc1CCC(=O)O. The van der Waals surface area contributed by atoms with Crippen molar-refractivity contribution < 1.29 is 24.1 Å². The molecule has 2 aromatic rings. The Morgan fingerprint density at radius 3 is 2.97 bits per heavy atom. The summed E-state index contributed by atoms with van der Waals surface area (Å²) in [5, 5.41) is 23.0. The summed E-state index contributed by atoms with van der Waals surface area (Å²) in [4.78, 5) is 17.5. The number of aliphatic hydroxyl groups is 1. The minimum atomic E-state index is -0.847. The highest BCUT2D eigenvalue weighted by atomic mass is 35.5. The van der Waals surface area contributed by atoms with Crippen molar-refractivity contribution in [3.63, 3.8) is 0 Å². The number of likely N-dealkylation sites (tertiary alicyclic amines) is 1. The Labute approximate surface area is 217 Å². The Bertz CT molecular complexity index is 980. The zero-order valence-corrected chi connectivity index (χ0v) is 21.6. The summed E-state index contributed by atoms with van der Waals surface area (Å²) in [6, 6.07) is 7.18. The van der Waals surface area contributed by atoms with Crippen LogP contribution in [0.1, 0.15) is 61.8 Å². The highest BCUT2D eigenvalue weighted by Crippen LogP contribution is 2.27. The van der Waals surface area contributed by atoms with Crippen molar-refractivity contribution in [2.45, 2.75) is 70.1 Å². The number of aliphatic carboxylic acids is 1. The lowest BCUT2D eigenvalue weighted by molar-refractivity contribution is -0.136. The van der Waals surface area contributed by atoms with E-state index in [0.29, 0.717) is 25.7 Å². The molecule has 0 saturated carbocycles. The standard InChI is InChI=1S/C27H37ClFN3O4/c1-2-4-26(23-10-11-30-15-20(23)7-9-27(34)35)36-17-22(33)16-31-18-32-12-3-5-21(32)13-19-6-8-24(28)25(29)14-19/h6,8,10-11,14-15,21-22,26,31,33H,2-5,7,9,12-13,16-18H2,1H3,(H,34,35)/t21-,22+,26?/m0/s1. The van der Waals surface area contributed by atoms with Gasteiger partial charge in [0.15, 0.2) is 0 Å². The number of hydrogen-bond acceptors (Lipinski definition) is 6. The first-order valence-electron chi connectivity index (χ1n) is 12.7. The molecule has 1 aliphatic heterocycles. The van der Waals surface area contributed by atoms with E-state index in [2.05, 4.69) is 22.1 Å². The molecule has 0 bridgehead atoms. The van der Waals surface area contributed by atoms with E-state index < -0.39 is 12.1 Å². The number of pyridine rings is 1. The second-order valence-electron chi connectivity index (χ2n) is 9.41. The Morgan fingerprint density at radius 2 is 2.22 bits per heavy atom. The fraction of sp³-hybridized carbons (Fsp3) is 0.556. The third-order valence-corrected chi connectivity index (χ3v) is 6.89. The van der Waals surface area contributed by atoms with E-state index in [0.717, 1.165) is 55.3 Å². The third kappa shape index (κ3) is 8.78. The average Bonchev–Trinajstić information content (AvgIpc) is 3.29. The van der Waals surface area contributed by atoms with Gasteiger partial charge in [-0.05, 0) is 73.5 Å². The normalized spacial score (nSPS) is 17.8. The Kier molecular flexibility index (Phi) is 11.5. The van der Waals surface area contributed by atoms with Crippen LogP contribution in [0.25, 0.3) is 0 Å². The third-order valence-electron chi connectivity index (χ3n) is 6.59. The van der Waals surface area contributed by atoms with Gasteiger partial charge in [0.2, 0.25) is 0 Å². The molecular weight excluding hydrogens is 485 g/mol. The number of ether oxygens (including phenoxy) is 1. The largest absolute Gasteiger partial charge is 0.481 e. The second-order valence-corrected chi connectivity index (χ2v) is 9.81. The average molecular weight is 522 g/mol. The summed E-state index contributed by atoms with van der Waals surface area (Å²) in [6.45, 7) is 4.23. The van der Waals surface area contributed by atoms with Gasteiger partial charge in [0.05, 0.1) is 23.8 Å². The molecule has 2 heterocycles. The lowest BCUT2D eigenvalue weighted by atomic mass is 9.98. The van der Waals surface area contributed by atoms with Gasteiger partial charge in [-0.3, -0.25) is 14.7 Å². The maximum absolute atomic E-state index is 13.8. The molecule has 1 aliphatic rings. The summed E-state index contributed by atoms with van der Waals surface area (Å²) in [5.41, 5.74) is 2.74. The van der Waals surface area contributed by atoms with Crippen molar-refractivity contribution in [1.29, 1.82) is 0 Å². The Morgan fingerprint density at radius 1 is 1.39 bits per heavy atom. The molecule has 7 nitrogen and oxygen atoms in total. The number of halogens is 2. The van der Waals surface area contributed by atoms with Gasteiger partial charge in [0, 0.05) is 38.1 Å². The lowest BCUT2D eigenvalue weighted by Gasteiger charge is -2.26. The first-order chi connectivity index (χ1) is 17.4. The number of carboxylic acid groups (broad SMARTS) is 1. The second kappa shape index (κ2) is 14.6. The molecule has 198 valence electrons. The van der Waals surface area contributed by atoms with Crippen LogP contribution in [0, 0.1) is 5.82 Å². The van der Waals surface area contributed by atoms with Gasteiger partial charge < -0.3 is 20.3 Å². The molecule has 0 amide bonds. The number of aliphatic hydroxyl groups excluding tert-OH is 1. The van der Waals surface area contributed by atoms with E-state index in [1.54, 1.807) is 18.5 Å². The Hall–Kier alpha value is -2.10. The van der Waals surface area contributed by atoms with Crippen molar-refractivity contribution in [1.82, 2.24) is 15.2 Å². The zero-order chi connectivity index (χ0) is 25.9. The van der Waals surface area contributed by atoms with Crippen molar-refractivity contribution in [3.8, 4) is 0 Å². The summed E-state index contributed by atoms with van der Waals surface area (Å²) in [5.74, 6) is -1.23. The first-order valence-corrected chi connectivity index (χ1v) is 13.1. The molecule has 0 radical (unpaired) electrons. The molecule has 0 aliphatic carbocycles. The molecule has 36 heavy (non-hydrogen) atoms. The van der Waals surface area contributed by atoms with Crippen LogP contribution in [0.3, 0.4) is 0 Å². The number of aromatic nitrogens is 1. The van der Waals surface area contributed by atoms with Crippen LogP contribution in [0.2, 0.25) is 5.02 Å². The van der Waals surface area contributed by atoms with Gasteiger partial charge in [0.25, 0.3) is 0 Å². The monoisotopic (exact) mass is 521 g/mol. The van der Waals surface area contributed by atoms with Crippen molar-refractivity contribution >= 4 is 17.6 Å². The number of hydrogen-bond donors (Lipinski definition) is 3. The molecule has 1 unspecified atom stereocenters. The highest BCUT2D eigenvalue weighted by molar-refractivity contribution is 6.30. The predicted molar refractivity (Wildman–Crippen MR) is 138 cm³/mol. The fourth-order valence-corrected chi connectivity index (χ4v) is 4.84. The number of rotatable bonds is 15. The van der Waals surface area contributed by atoms with Gasteiger partial charge in [-0.25, -0.2) is 4.39 Å². The number of benzene rings is 1. The molecule has 3 atom stereocenters. The Balaban J connectivity index is 1.46. The van der Waals surface area contributed by atoms with E-state index in [-0.39, 0.29) is 30.0 Å². The fourth-order valence-electron chi connectivity index (χ4n) is 4.73. The summed E-state index contributed by atoms with van der Waals surface area (Å²) >= 11 is 5.80. The minimum Gasteiger partial charge on any atom is -0.481 e. The van der Waals surface area contributed by atoms with Crippen molar-refractivity contribution in [2.24, 2.45) is 0 Å². The molecular formula is C27H37ClFN3O4. The van der Waals surface area contributed by atoms with Crippen LogP contribution in [0.4, 0.5) is 4.39 Å². The molecule has 9 heteroatoms. The highest BCUT2D eigenvalue weighted by Gasteiger charge is 2.25.